The molecule has 4 heteroatoms. The van der Waals surface area contributed by atoms with Crippen molar-refractivity contribution in [2.24, 2.45) is 5.92 Å². The Bertz CT molecular complexity index is 455. The summed E-state index contributed by atoms with van der Waals surface area (Å²) in [5.74, 6) is 0.854. The van der Waals surface area contributed by atoms with Gasteiger partial charge >= 0.3 is 0 Å². The summed E-state index contributed by atoms with van der Waals surface area (Å²) in [4.78, 5) is 7.88. The molecular formula is C13H17N3S. The van der Waals surface area contributed by atoms with Crippen molar-refractivity contribution in [1.29, 1.82) is 0 Å². The maximum atomic E-state index is 4.68. The topological polar surface area (TPSA) is 40.7 Å². The van der Waals surface area contributed by atoms with Crippen LogP contribution in [0.3, 0.4) is 0 Å². The lowest BCUT2D eigenvalue weighted by molar-refractivity contribution is 0.532. The summed E-state index contributed by atoms with van der Waals surface area (Å²) in [5.41, 5.74) is 2.20. The zero-order valence-electron chi connectivity index (χ0n) is 9.78. The van der Waals surface area contributed by atoms with Crippen molar-refractivity contribution < 1.29 is 0 Å². The average Bonchev–Trinajstić information content (AvgIpc) is 3.09. The van der Waals surface area contributed by atoms with Gasteiger partial charge in [-0.1, -0.05) is 0 Å². The van der Waals surface area contributed by atoms with Crippen LogP contribution in [0.5, 0.6) is 0 Å². The molecule has 1 atom stereocenters. The highest BCUT2D eigenvalue weighted by molar-refractivity contribution is 7.09. The highest BCUT2D eigenvalue weighted by Gasteiger charge is 2.15. The molecule has 0 radical (unpaired) electrons. The number of nitrogens with zero attached hydrogens (tertiary/aromatic N) is 1. The molecular weight excluding hydrogens is 230 g/mol. The van der Waals surface area contributed by atoms with Gasteiger partial charge < -0.3 is 10.3 Å². The van der Waals surface area contributed by atoms with Gasteiger partial charge in [0, 0.05) is 11.6 Å². The Balaban J connectivity index is 1.60. The van der Waals surface area contributed by atoms with Gasteiger partial charge in [-0.25, -0.2) is 4.98 Å². The molecule has 3 rings (SSSR count). The number of aryl methyl sites for hydroxylation is 1. The molecule has 0 amide bonds. The largest absolute Gasteiger partial charge is 0.360 e. The smallest absolute Gasteiger partial charge is 0.0976 e. The number of rotatable bonds is 4. The average molecular weight is 247 g/mol. The molecule has 0 aliphatic carbocycles. The van der Waals surface area contributed by atoms with Crippen LogP contribution in [-0.4, -0.2) is 23.1 Å². The van der Waals surface area contributed by atoms with Crippen LogP contribution >= 0.6 is 11.3 Å². The predicted molar refractivity (Wildman–Crippen MR) is 71.2 cm³/mol. The van der Waals surface area contributed by atoms with E-state index in [4.69, 9.17) is 0 Å². The van der Waals surface area contributed by atoms with Gasteiger partial charge in [-0.2, -0.15) is 0 Å². The SMILES string of the molecule is c1c[nH]c(-c2csc(CCC3CCNC3)n2)c1. The molecule has 1 aliphatic rings. The second kappa shape index (κ2) is 5.02. The van der Waals surface area contributed by atoms with Gasteiger partial charge in [0.05, 0.1) is 16.4 Å². The third-order valence-electron chi connectivity index (χ3n) is 3.35. The summed E-state index contributed by atoms with van der Waals surface area (Å²) in [6, 6.07) is 4.08. The first-order valence-electron chi connectivity index (χ1n) is 6.21. The summed E-state index contributed by atoms with van der Waals surface area (Å²) in [7, 11) is 0. The molecule has 3 heterocycles. The number of thiazole rings is 1. The van der Waals surface area contributed by atoms with Gasteiger partial charge in [0.1, 0.15) is 0 Å². The van der Waals surface area contributed by atoms with E-state index in [2.05, 4.69) is 26.7 Å². The summed E-state index contributed by atoms with van der Waals surface area (Å²) < 4.78 is 0. The fourth-order valence-corrected chi connectivity index (χ4v) is 3.14. The Morgan fingerprint density at radius 3 is 3.24 bits per heavy atom. The molecule has 3 nitrogen and oxygen atoms in total. The van der Waals surface area contributed by atoms with Gasteiger partial charge in [0.15, 0.2) is 0 Å². The fourth-order valence-electron chi connectivity index (χ4n) is 2.33. The van der Waals surface area contributed by atoms with Crippen LogP contribution < -0.4 is 5.32 Å². The summed E-state index contributed by atoms with van der Waals surface area (Å²) in [6.07, 6.45) is 5.66. The van der Waals surface area contributed by atoms with E-state index < -0.39 is 0 Å². The van der Waals surface area contributed by atoms with Crippen molar-refractivity contribution in [3.63, 3.8) is 0 Å². The van der Waals surface area contributed by atoms with Crippen molar-refractivity contribution in [3.05, 3.63) is 28.7 Å². The van der Waals surface area contributed by atoms with E-state index in [0.717, 1.165) is 23.7 Å². The first-order chi connectivity index (χ1) is 8.42. The molecule has 17 heavy (non-hydrogen) atoms. The van der Waals surface area contributed by atoms with Crippen LogP contribution in [0.1, 0.15) is 17.8 Å². The van der Waals surface area contributed by atoms with Crippen molar-refractivity contribution in [2.45, 2.75) is 19.3 Å². The molecule has 0 bridgehead atoms. The third-order valence-corrected chi connectivity index (χ3v) is 4.26. The highest BCUT2D eigenvalue weighted by atomic mass is 32.1. The van der Waals surface area contributed by atoms with E-state index in [1.54, 1.807) is 11.3 Å². The Morgan fingerprint density at radius 1 is 1.47 bits per heavy atom. The Labute approximate surface area is 105 Å². The highest BCUT2D eigenvalue weighted by Crippen LogP contribution is 2.23. The van der Waals surface area contributed by atoms with Crippen LogP contribution in [-0.2, 0) is 6.42 Å². The van der Waals surface area contributed by atoms with Gasteiger partial charge in [-0.15, -0.1) is 11.3 Å². The number of hydrogen-bond donors (Lipinski definition) is 2. The Kier molecular flexibility index (Phi) is 3.25. The monoisotopic (exact) mass is 247 g/mol. The lowest BCUT2D eigenvalue weighted by Crippen LogP contribution is -2.09. The molecule has 0 saturated carbocycles. The maximum Gasteiger partial charge on any atom is 0.0976 e. The standard InChI is InChI=1S/C13H17N3S/c1-2-11(15-6-1)12-9-17-13(16-12)4-3-10-5-7-14-8-10/h1-2,6,9-10,14-15H,3-5,7-8H2. The Morgan fingerprint density at radius 2 is 2.47 bits per heavy atom. The van der Waals surface area contributed by atoms with Crippen molar-refractivity contribution in [2.75, 3.05) is 13.1 Å². The first-order valence-corrected chi connectivity index (χ1v) is 7.08. The van der Waals surface area contributed by atoms with Gasteiger partial charge in [0.2, 0.25) is 0 Å². The Hall–Kier alpha value is -1.13. The van der Waals surface area contributed by atoms with Crippen molar-refractivity contribution >= 4 is 11.3 Å². The molecule has 0 aromatic carbocycles. The zero-order chi connectivity index (χ0) is 11.5. The predicted octanol–water partition coefficient (Wildman–Crippen LogP) is 2.68. The van der Waals surface area contributed by atoms with Crippen LogP contribution in [0, 0.1) is 5.92 Å². The second-order valence-electron chi connectivity index (χ2n) is 4.61. The molecule has 1 aliphatic heterocycles. The summed E-state index contributed by atoms with van der Waals surface area (Å²) in [5, 5.41) is 6.83. The normalized spacial score (nSPS) is 19.9. The van der Waals surface area contributed by atoms with E-state index in [1.807, 2.05) is 12.3 Å². The minimum atomic E-state index is 0.854. The number of aromatic nitrogens is 2. The number of aromatic amines is 1. The van der Waals surface area contributed by atoms with Crippen LogP contribution in [0.4, 0.5) is 0 Å². The van der Waals surface area contributed by atoms with Gasteiger partial charge in [0.25, 0.3) is 0 Å². The van der Waals surface area contributed by atoms with Gasteiger partial charge in [-0.3, -0.25) is 0 Å². The maximum absolute atomic E-state index is 4.68. The number of hydrogen-bond acceptors (Lipinski definition) is 3. The molecule has 1 fully saturated rings. The lowest BCUT2D eigenvalue weighted by Gasteiger charge is -2.04. The zero-order valence-corrected chi connectivity index (χ0v) is 10.6. The number of nitrogens with one attached hydrogen (secondary N) is 2. The lowest BCUT2D eigenvalue weighted by atomic mass is 10.0. The van der Waals surface area contributed by atoms with E-state index in [1.165, 1.54) is 30.9 Å². The van der Waals surface area contributed by atoms with E-state index >= 15 is 0 Å². The van der Waals surface area contributed by atoms with E-state index in [0.29, 0.717) is 0 Å². The number of H-pyrrole nitrogens is 1. The molecule has 1 saturated heterocycles. The quantitative estimate of drug-likeness (QED) is 0.872. The van der Waals surface area contributed by atoms with Crippen LogP contribution in [0.25, 0.3) is 11.4 Å². The molecule has 2 N–H and O–H groups in total. The first kappa shape index (κ1) is 11.0. The fraction of sp³-hybridized carbons (Fsp3) is 0.462. The van der Waals surface area contributed by atoms with E-state index in [-0.39, 0.29) is 0 Å². The van der Waals surface area contributed by atoms with E-state index in [9.17, 15) is 0 Å². The van der Waals surface area contributed by atoms with Gasteiger partial charge in [-0.05, 0) is 50.4 Å². The summed E-state index contributed by atoms with van der Waals surface area (Å²) in [6.45, 7) is 2.38. The van der Waals surface area contributed by atoms with Crippen molar-refractivity contribution in [1.82, 2.24) is 15.3 Å². The minimum absolute atomic E-state index is 0.854. The second-order valence-corrected chi connectivity index (χ2v) is 5.55. The minimum Gasteiger partial charge on any atom is -0.360 e. The van der Waals surface area contributed by atoms with Crippen LogP contribution in [0.15, 0.2) is 23.7 Å². The molecule has 0 spiro atoms. The molecule has 90 valence electrons. The molecule has 2 aromatic heterocycles. The third kappa shape index (κ3) is 2.58. The summed E-state index contributed by atoms with van der Waals surface area (Å²) >= 11 is 1.78. The van der Waals surface area contributed by atoms with Crippen molar-refractivity contribution in [3.8, 4) is 11.4 Å². The van der Waals surface area contributed by atoms with Crippen LogP contribution in [0.2, 0.25) is 0 Å². The molecule has 2 aromatic rings. The molecule has 1 unspecified atom stereocenters.